The van der Waals surface area contributed by atoms with E-state index in [1.807, 2.05) is 6.92 Å². The van der Waals surface area contributed by atoms with Crippen LogP contribution in [0.1, 0.15) is 37.9 Å². The molecule has 3 unspecified atom stereocenters. The largest absolute Gasteiger partial charge is 0.388 e. The lowest BCUT2D eigenvalue weighted by Gasteiger charge is -2.33. The number of nitrogens with two attached hydrogens (primary N) is 1. The SMILES string of the molecule is CC1CCC(CN)(C(O)c2cc(F)c(F)cc2F)C1. The molecular formula is C14H18F3NO. The minimum Gasteiger partial charge on any atom is -0.388 e. The molecule has 19 heavy (non-hydrogen) atoms. The van der Waals surface area contributed by atoms with E-state index in [4.69, 9.17) is 5.73 Å². The Hall–Kier alpha value is -1.07. The molecule has 1 saturated carbocycles. The van der Waals surface area contributed by atoms with E-state index in [0.29, 0.717) is 24.8 Å². The number of benzene rings is 1. The molecule has 1 aromatic rings. The van der Waals surface area contributed by atoms with E-state index < -0.39 is 29.0 Å². The highest BCUT2D eigenvalue weighted by Crippen LogP contribution is 2.49. The summed E-state index contributed by atoms with van der Waals surface area (Å²) in [6.07, 6.45) is 0.991. The predicted octanol–water partition coefficient (Wildman–Crippen LogP) is 2.90. The highest BCUT2D eigenvalue weighted by molar-refractivity contribution is 5.24. The van der Waals surface area contributed by atoms with Gasteiger partial charge in [-0.3, -0.25) is 0 Å². The number of hydrogen-bond donors (Lipinski definition) is 2. The van der Waals surface area contributed by atoms with Gasteiger partial charge in [-0.2, -0.15) is 0 Å². The first-order valence-electron chi connectivity index (χ1n) is 6.42. The van der Waals surface area contributed by atoms with E-state index in [-0.39, 0.29) is 12.1 Å². The monoisotopic (exact) mass is 273 g/mol. The molecule has 3 atom stereocenters. The van der Waals surface area contributed by atoms with Crippen LogP contribution in [0.5, 0.6) is 0 Å². The third-order valence-electron chi connectivity index (χ3n) is 4.21. The first kappa shape index (κ1) is 14.3. The lowest BCUT2D eigenvalue weighted by atomic mass is 9.76. The summed E-state index contributed by atoms with van der Waals surface area (Å²) in [7, 11) is 0. The Morgan fingerprint density at radius 2 is 1.95 bits per heavy atom. The van der Waals surface area contributed by atoms with Crippen molar-refractivity contribution in [3.8, 4) is 0 Å². The molecule has 1 fully saturated rings. The van der Waals surface area contributed by atoms with Crippen molar-refractivity contribution < 1.29 is 18.3 Å². The van der Waals surface area contributed by atoms with E-state index in [1.54, 1.807) is 0 Å². The smallest absolute Gasteiger partial charge is 0.161 e. The van der Waals surface area contributed by atoms with E-state index in [0.717, 1.165) is 12.5 Å². The minimum atomic E-state index is -1.25. The summed E-state index contributed by atoms with van der Waals surface area (Å²) in [5, 5.41) is 10.4. The van der Waals surface area contributed by atoms with E-state index >= 15 is 0 Å². The van der Waals surface area contributed by atoms with Crippen LogP contribution in [0, 0.1) is 28.8 Å². The molecule has 1 aliphatic carbocycles. The molecule has 0 bridgehead atoms. The maximum Gasteiger partial charge on any atom is 0.161 e. The molecule has 106 valence electrons. The molecule has 0 heterocycles. The van der Waals surface area contributed by atoms with Crippen LogP contribution >= 0.6 is 0 Å². The summed E-state index contributed by atoms with van der Waals surface area (Å²) in [5.74, 6) is -2.96. The summed E-state index contributed by atoms with van der Waals surface area (Å²) in [6, 6.07) is 1.20. The van der Waals surface area contributed by atoms with Crippen molar-refractivity contribution in [1.82, 2.24) is 0 Å². The lowest BCUT2D eigenvalue weighted by Crippen LogP contribution is -2.35. The topological polar surface area (TPSA) is 46.2 Å². The van der Waals surface area contributed by atoms with Crippen molar-refractivity contribution in [2.45, 2.75) is 32.3 Å². The molecule has 1 aliphatic rings. The maximum absolute atomic E-state index is 13.7. The van der Waals surface area contributed by atoms with E-state index in [2.05, 4.69) is 0 Å². The van der Waals surface area contributed by atoms with Gasteiger partial charge >= 0.3 is 0 Å². The van der Waals surface area contributed by atoms with Gasteiger partial charge in [-0.05, 0) is 24.8 Å². The molecule has 0 saturated heterocycles. The molecule has 0 amide bonds. The molecular weight excluding hydrogens is 255 g/mol. The quantitative estimate of drug-likeness (QED) is 0.832. The van der Waals surface area contributed by atoms with Crippen LogP contribution in [0.25, 0.3) is 0 Å². The molecule has 0 radical (unpaired) electrons. The molecule has 0 aromatic heterocycles. The number of aliphatic hydroxyl groups excluding tert-OH is 1. The van der Waals surface area contributed by atoms with Gasteiger partial charge in [-0.15, -0.1) is 0 Å². The second kappa shape index (κ2) is 5.13. The molecule has 2 rings (SSSR count). The van der Waals surface area contributed by atoms with Crippen molar-refractivity contribution in [1.29, 1.82) is 0 Å². The van der Waals surface area contributed by atoms with Gasteiger partial charge in [0.25, 0.3) is 0 Å². The molecule has 0 spiro atoms. The maximum atomic E-state index is 13.7. The van der Waals surface area contributed by atoms with Crippen LogP contribution in [-0.2, 0) is 0 Å². The fourth-order valence-corrected chi connectivity index (χ4v) is 3.05. The predicted molar refractivity (Wildman–Crippen MR) is 65.8 cm³/mol. The lowest BCUT2D eigenvalue weighted by molar-refractivity contribution is 0.0277. The van der Waals surface area contributed by atoms with E-state index in [9.17, 15) is 18.3 Å². The highest BCUT2D eigenvalue weighted by atomic mass is 19.2. The summed E-state index contributed by atoms with van der Waals surface area (Å²) in [6.45, 7) is 2.22. The first-order chi connectivity index (χ1) is 8.89. The normalized spacial score (nSPS) is 28.6. The van der Waals surface area contributed by atoms with Crippen LogP contribution in [0.15, 0.2) is 12.1 Å². The van der Waals surface area contributed by atoms with Crippen LogP contribution in [0.2, 0.25) is 0 Å². The zero-order valence-electron chi connectivity index (χ0n) is 10.8. The van der Waals surface area contributed by atoms with E-state index in [1.165, 1.54) is 0 Å². The number of hydrogen-bond acceptors (Lipinski definition) is 2. The summed E-state index contributed by atoms with van der Waals surface area (Å²) < 4.78 is 39.9. The summed E-state index contributed by atoms with van der Waals surface area (Å²) >= 11 is 0. The van der Waals surface area contributed by atoms with Gasteiger partial charge in [-0.25, -0.2) is 13.2 Å². The van der Waals surface area contributed by atoms with Crippen molar-refractivity contribution in [3.05, 3.63) is 35.1 Å². The van der Waals surface area contributed by atoms with Gasteiger partial charge < -0.3 is 10.8 Å². The second-order valence-electron chi connectivity index (χ2n) is 5.60. The van der Waals surface area contributed by atoms with Crippen molar-refractivity contribution in [2.75, 3.05) is 6.54 Å². The van der Waals surface area contributed by atoms with Crippen molar-refractivity contribution in [2.24, 2.45) is 17.1 Å². The average Bonchev–Trinajstić information content (AvgIpc) is 2.76. The minimum absolute atomic E-state index is 0.191. The zero-order chi connectivity index (χ0) is 14.2. The van der Waals surface area contributed by atoms with Crippen LogP contribution in [-0.4, -0.2) is 11.7 Å². The average molecular weight is 273 g/mol. The Morgan fingerprint density at radius 1 is 1.32 bits per heavy atom. The Morgan fingerprint density at radius 3 is 2.47 bits per heavy atom. The number of halogens is 3. The summed E-state index contributed by atoms with van der Waals surface area (Å²) in [5.41, 5.74) is 4.88. The Kier molecular flexibility index (Phi) is 3.87. The number of rotatable bonds is 3. The van der Waals surface area contributed by atoms with Crippen molar-refractivity contribution in [3.63, 3.8) is 0 Å². The Labute approximate surface area is 110 Å². The fourth-order valence-electron chi connectivity index (χ4n) is 3.05. The Balaban J connectivity index is 2.38. The first-order valence-corrected chi connectivity index (χ1v) is 6.42. The van der Waals surface area contributed by atoms with Crippen LogP contribution in [0.4, 0.5) is 13.2 Å². The number of aliphatic hydroxyl groups is 1. The standard InChI is InChI=1S/C14H18F3NO/c1-8-2-3-14(6-8,7-18)13(19)9-4-11(16)12(17)5-10(9)15/h4-5,8,13,19H,2-3,6-7,18H2,1H3. The van der Waals surface area contributed by atoms with Gasteiger partial charge in [0.15, 0.2) is 11.6 Å². The summed E-state index contributed by atoms with van der Waals surface area (Å²) in [4.78, 5) is 0. The van der Waals surface area contributed by atoms with Gasteiger partial charge in [0.1, 0.15) is 5.82 Å². The molecule has 2 nitrogen and oxygen atoms in total. The molecule has 0 aliphatic heterocycles. The zero-order valence-corrected chi connectivity index (χ0v) is 10.8. The fraction of sp³-hybridized carbons (Fsp3) is 0.571. The molecule has 1 aromatic carbocycles. The van der Waals surface area contributed by atoms with Gasteiger partial charge in [0.05, 0.1) is 6.10 Å². The molecule has 5 heteroatoms. The molecule has 3 N–H and O–H groups in total. The highest BCUT2D eigenvalue weighted by Gasteiger charge is 2.44. The van der Waals surface area contributed by atoms with Gasteiger partial charge in [0, 0.05) is 23.6 Å². The van der Waals surface area contributed by atoms with Crippen LogP contribution in [0.3, 0.4) is 0 Å². The van der Waals surface area contributed by atoms with Crippen LogP contribution < -0.4 is 5.73 Å². The van der Waals surface area contributed by atoms with Crippen molar-refractivity contribution >= 4 is 0 Å². The Bertz CT molecular complexity index is 480. The van der Waals surface area contributed by atoms with Gasteiger partial charge in [0.2, 0.25) is 0 Å². The third kappa shape index (κ3) is 2.49. The second-order valence-corrected chi connectivity index (χ2v) is 5.60. The van der Waals surface area contributed by atoms with Gasteiger partial charge in [-0.1, -0.05) is 13.3 Å². The third-order valence-corrected chi connectivity index (χ3v) is 4.21.